The van der Waals surface area contributed by atoms with Crippen LogP contribution in [0.3, 0.4) is 0 Å². The Hall–Kier alpha value is -1.50. The zero-order chi connectivity index (χ0) is 12.4. The number of aliphatic hydroxyl groups excluding tert-OH is 1. The molecule has 1 aliphatic rings. The molecule has 0 aromatic heterocycles. The minimum absolute atomic E-state index is 0.0198. The highest BCUT2D eigenvalue weighted by molar-refractivity contribution is 5.42. The molecule has 17 heavy (non-hydrogen) atoms. The van der Waals surface area contributed by atoms with Crippen molar-refractivity contribution in [3.8, 4) is 0 Å². The summed E-state index contributed by atoms with van der Waals surface area (Å²) >= 11 is 0. The van der Waals surface area contributed by atoms with Crippen LogP contribution in [0.5, 0.6) is 0 Å². The first kappa shape index (κ1) is 12.0. The zero-order valence-corrected chi connectivity index (χ0v) is 9.28. The third kappa shape index (κ3) is 2.28. The summed E-state index contributed by atoms with van der Waals surface area (Å²) in [4.78, 5) is 10.4. The number of rotatable bonds is 3. The number of benzene rings is 1. The quantitative estimate of drug-likeness (QED) is 0.636. The molecule has 1 N–H and O–H groups in total. The van der Waals surface area contributed by atoms with Crippen LogP contribution in [0.4, 0.5) is 5.69 Å². The Labute approximate surface area is 97.9 Å². The Morgan fingerprint density at radius 2 is 2.12 bits per heavy atom. The molecule has 1 aliphatic heterocycles. The van der Waals surface area contributed by atoms with E-state index in [-0.39, 0.29) is 12.3 Å². The second kappa shape index (κ2) is 4.79. The largest absolute Gasteiger partial charge is 0.394 e. The summed E-state index contributed by atoms with van der Waals surface area (Å²) in [5.41, 5.74) is 0.412. The van der Waals surface area contributed by atoms with Gasteiger partial charge in [0.25, 0.3) is 5.69 Å². The van der Waals surface area contributed by atoms with Crippen molar-refractivity contribution < 1.29 is 19.5 Å². The van der Waals surface area contributed by atoms with Crippen LogP contribution in [0.25, 0.3) is 0 Å². The second-order valence-electron chi connectivity index (χ2n) is 3.80. The van der Waals surface area contributed by atoms with E-state index in [1.165, 1.54) is 6.07 Å². The molecule has 1 aromatic carbocycles. The van der Waals surface area contributed by atoms with E-state index in [0.29, 0.717) is 5.56 Å². The molecule has 1 unspecified atom stereocenters. The van der Waals surface area contributed by atoms with Crippen molar-refractivity contribution in [2.75, 3.05) is 6.61 Å². The summed E-state index contributed by atoms with van der Waals surface area (Å²) in [7, 11) is 0. The molecule has 92 valence electrons. The van der Waals surface area contributed by atoms with Gasteiger partial charge in [-0.05, 0) is 13.0 Å². The molecule has 1 fully saturated rings. The lowest BCUT2D eigenvalue weighted by molar-refractivity contribution is -0.386. The Kier molecular flexibility index (Phi) is 3.37. The standard InChI is InChI=1S/C11H13NO5/c1-7-16-10(6-13)11(17-7)8-4-2-3-5-9(8)12(14)15/h2-5,7,10-11,13H,6H2,1H3/t7?,10-,11-/m0/s1. The highest BCUT2D eigenvalue weighted by Gasteiger charge is 2.37. The number of ether oxygens (including phenoxy) is 2. The van der Waals surface area contributed by atoms with Crippen LogP contribution in [0.15, 0.2) is 24.3 Å². The molecule has 1 saturated heterocycles. The highest BCUT2D eigenvalue weighted by atomic mass is 16.7. The van der Waals surface area contributed by atoms with Gasteiger partial charge in [0, 0.05) is 6.07 Å². The van der Waals surface area contributed by atoms with Crippen LogP contribution in [-0.2, 0) is 9.47 Å². The predicted octanol–water partition coefficient (Wildman–Crippen LogP) is 1.39. The van der Waals surface area contributed by atoms with Gasteiger partial charge in [0.05, 0.1) is 17.1 Å². The van der Waals surface area contributed by atoms with Crippen molar-refractivity contribution in [3.63, 3.8) is 0 Å². The first-order chi connectivity index (χ1) is 8.13. The third-order valence-electron chi connectivity index (χ3n) is 2.66. The smallest absolute Gasteiger partial charge is 0.275 e. The van der Waals surface area contributed by atoms with Gasteiger partial charge in [-0.2, -0.15) is 0 Å². The van der Waals surface area contributed by atoms with Gasteiger partial charge in [-0.3, -0.25) is 10.1 Å². The van der Waals surface area contributed by atoms with Crippen molar-refractivity contribution in [2.45, 2.75) is 25.4 Å². The molecule has 1 aromatic rings. The highest BCUT2D eigenvalue weighted by Crippen LogP contribution is 2.36. The molecule has 0 spiro atoms. The van der Waals surface area contributed by atoms with E-state index in [4.69, 9.17) is 9.47 Å². The molecule has 0 bridgehead atoms. The first-order valence-corrected chi connectivity index (χ1v) is 5.28. The van der Waals surface area contributed by atoms with Gasteiger partial charge in [-0.1, -0.05) is 12.1 Å². The van der Waals surface area contributed by atoms with Crippen LogP contribution in [0.1, 0.15) is 18.6 Å². The molecule has 6 nitrogen and oxygen atoms in total. The Morgan fingerprint density at radius 1 is 1.41 bits per heavy atom. The van der Waals surface area contributed by atoms with Crippen LogP contribution < -0.4 is 0 Å². The van der Waals surface area contributed by atoms with E-state index in [0.717, 1.165) is 0 Å². The molecule has 3 atom stereocenters. The number of nitro benzene ring substituents is 1. The Morgan fingerprint density at radius 3 is 2.76 bits per heavy atom. The maximum Gasteiger partial charge on any atom is 0.275 e. The maximum atomic E-state index is 10.9. The number of para-hydroxylation sites is 1. The summed E-state index contributed by atoms with van der Waals surface area (Å²) in [5, 5.41) is 20.1. The van der Waals surface area contributed by atoms with Crippen molar-refractivity contribution in [3.05, 3.63) is 39.9 Å². The number of aliphatic hydroxyl groups is 1. The third-order valence-corrected chi connectivity index (χ3v) is 2.66. The summed E-state index contributed by atoms with van der Waals surface area (Å²) < 4.78 is 10.8. The molecule has 6 heteroatoms. The van der Waals surface area contributed by atoms with E-state index in [1.807, 2.05) is 0 Å². The topological polar surface area (TPSA) is 81.8 Å². The summed E-state index contributed by atoms with van der Waals surface area (Å²) in [6.07, 6.45) is -1.64. The molecule has 0 amide bonds. The van der Waals surface area contributed by atoms with E-state index >= 15 is 0 Å². The first-order valence-electron chi connectivity index (χ1n) is 5.28. The fourth-order valence-corrected chi connectivity index (χ4v) is 1.95. The summed E-state index contributed by atoms with van der Waals surface area (Å²) in [6.45, 7) is 1.46. The van der Waals surface area contributed by atoms with Crippen molar-refractivity contribution in [2.24, 2.45) is 0 Å². The molecule has 2 rings (SSSR count). The molecule has 1 heterocycles. The molecular formula is C11H13NO5. The average molecular weight is 239 g/mol. The number of nitro groups is 1. The monoisotopic (exact) mass is 239 g/mol. The van der Waals surface area contributed by atoms with Crippen molar-refractivity contribution in [1.82, 2.24) is 0 Å². The summed E-state index contributed by atoms with van der Waals surface area (Å²) in [6, 6.07) is 6.32. The summed E-state index contributed by atoms with van der Waals surface area (Å²) in [5.74, 6) is 0. The van der Waals surface area contributed by atoms with E-state index in [2.05, 4.69) is 0 Å². The fourth-order valence-electron chi connectivity index (χ4n) is 1.95. The average Bonchev–Trinajstić information content (AvgIpc) is 2.70. The SMILES string of the molecule is CC1O[C@@H](CO)[C@H](c2ccccc2[N+](=O)[O-])O1. The van der Waals surface area contributed by atoms with Crippen LogP contribution in [-0.4, -0.2) is 29.0 Å². The van der Waals surface area contributed by atoms with Crippen molar-refractivity contribution in [1.29, 1.82) is 0 Å². The Balaban J connectivity index is 2.36. The van der Waals surface area contributed by atoms with E-state index < -0.39 is 23.4 Å². The molecule has 0 aliphatic carbocycles. The normalized spacial score (nSPS) is 28.2. The number of hydrogen-bond acceptors (Lipinski definition) is 5. The minimum Gasteiger partial charge on any atom is -0.394 e. The lowest BCUT2D eigenvalue weighted by atomic mass is 10.0. The van der Waals surface area contributed by atoms with Gasteiger partial charge in [0.2, 0.25) is 0 Å². The zero-order valence-electron chi connectivity index (χ0n) is 9.28. The molecular weight excluding hydrogens is 226 g/mol. The van der Waals surface area contributed by atoms with Crippen LogP contribution in [0, 0.1) is 10.1 Å². The van der Waals surface area contributed by atoms with Gasteiger partial charge in [0.15, 0.2) is 6.29 Å². The molecule has 0 radical (unpaired) electrons. The second-order valence-corrected chi connectivity index (χ2v) is 3.80. The molecule has 0 saturated carbocycles. The van der Waals surface area contributed by atoms with Crippen LogP contribution in [0.2, 0.25) is 0 Å². The van der Waals surface area contributed by atoms with Gasteiger partial charge in [-0.15, -0.1) is 0 Å². The van der Waals surface area contributed by atoms with Gasteiger partial charge in [-0.25, -0.2) is 0 Å². The lowest BCUT2D eigenvalue weighted by Crippen LogP contribution is -2.20. The predicted molar refractivity (Wildman–Crippen MR) is 58.3 cm³/mol. The number of hydrogen-bond donors (Lipinski definition) is 1. The van der Waals surface area contributed by atoms with Crippen molar-refractivity contribution >= 4 is 5.69 Å². The fraction of sp³-hybridized carbons (Fsp3) is 0.455. The Bertz CT molecular complexity index is 422. The van der Waals surface area contributed by atoms with E-state index in [9.17, 15) is 15.2 Å². The van der Waals surface area contributed by atoms with Gasteiger partial charge >= 0.3 is 0 Å². The maximum absolute atomic E-state index is 10.9. The van der Waals surface area contributed by atoms with Gasteiger partial charge in [0.1, 0.15) is 12.2 Å². The minimum atomic E-state index is -0.600. The lowest BCUT2D eigenvalue weighted by Gasteiger charge is -2.14. The van der Waals surface area contributed by atoms with Gasteiger partial charge < -0.3 is 14.6 Å². The van der Waals surface area contributed by atoms with E-state index in [1.54, 1.807) is 25.1 Å². The number of nitrogens with zero attached hydrogens (tertiary/aromatic N) is 1. The van der Waals surface area contributed by atoms with Crippen LogP contribution >= 0.6 is 0 Å².